The SMILES string of the molecule is CCOC(=O)c1c2c(n3nc(N4CCOCC4)cc(-c4ccccc4)c13)CCN(CC)C2=O. The van der Waals surface area contributed by atoms with Crippen LogP contribution in [-0.2, 0) is 15.9 Å². The van der Waals surface area contributed by atoms with Crippen molar-refractivity contribution in [3.8, 4) is 11.1 Å². The summed E-state index contributed by atoms with van der Waals surface area (Å²) in [5, 5.41) is 4.96. The lowest BCUT2D eigenvalue weighted by Crippen LogP contribution is -2.38. The number of esters is 1. The molecule has 0 N–H and O–H groups in total. The van der Waals surface area contributed by atoms with E-state index in [1.165, 1.54) is 0 Å². The van der Waals surface area contributed by atoms with Gasteiger partial charge in [0.25, 0.3) is 5.91 Å². The van der Waals surface area contributed by atoms with E-state index in [1.807, 2.05) is 47.8 Å². The monoisotopic (exact) mass is 448 g/mol. The molecule has 2 aromatic heterocycles. The van der Waals surface area contributed by atoms with Crippen LogP contribution in [0.3, 0.4) is 0 Å². The van der Waals surface area contributed by atoms with Crippen LogP contribution in [0.5, 0.6) is 0 Å². The van der Waals surface area contributed by atoms with E-state index in [0.717, 1.165) is 35.7 Å². The van der Waals surface area contributed by atoms with Crippen LogP contribution in [0, 0.1) is 0 Å². The number of aromatic nitrogens is 2. The maximum atomic E-state index is 13.4. The number of carbonyl (C=O) groups excluding carboxylic acids is 2. The first kappa shape index (κ1) is 21.5. The van der Waals surface area contributed by atoms with Gasteiger partial charge in [0.1, 0.15) is 11.4 Å². The standard InChI is InChI=1S/C25H28N4O4/c1-3-27-11-10-19-21(24(27)30)22(25(31)33-4-2)23-18(17-8-6-5-7-9-17)16-20(26-29(19)23)28-12-14-32-15-13-28/h5-9,16H,3-4,10-15H2,1-2H3. The minimum atomic E-state index is -0.486. The Kier molecular flexibility index (Phi) is 5.76. The van der Waals surface area contributed by atoms with Crippen LogP contribution in [0.15, 0.2) is 36.4 Å². The van der Waals surface area contributed by atoms with Crippen LogP contribution < -0.4 is 4.90 Å². The van der Waals surface area contributed by atoms with E-state index in [9.17, 15) is 9.59 Å². The van der Waals surface area contributed by atoms with Gasteiger partial charge in [-0.3, -0.25) is 4.79 Å². The molecule has 2 aliphatic rings. The second-order valence-electron chi connectivity index (χ2n) is 8.19. The first-order valence-electron chi connectivity index (χ1n) is 11.6. The zero-order chi connectivity index (χ0) is 22.9. The summed E-state index contributed by atoms with van der Waals surface area (Å²) in [6.45, 7) is 7.90. The van der Waals surface area contributed by atoms with Crippen LogP contribution in [0.2, 0.25) is 0 Å². The van der Waals surface area contributed by atoms with Gasteiger partial charge in [0, 0.05) is 38.2 Å². The molecule has 1 amide bonds. The zero-order valence-electron chi connectivity index (χ0n) is 19.0. The Morgan fingerprint density at radius 1 is 1.12 bits per heavy atom. The van der Waals surface area contributed by atoms with Crippen molar-refractivity contribution in [2.75, 3.05) is 50.9 Å². The Morgan fingerprint density at radius 3 is 2.58 bits per heavy atom. The van der Waals surface area contributed by atoms with Crippen molar-refractivity contribution in [1.29, 1.82) is 0 Å². The summed E-state index contributed by atoms with van der Waals surface area (Å²) in [5.41, 5.74) is 3.96. The third kappa shape index (κ3) is 3.64. The van der Waals surface area contributed by atoms with Crippen molar-refractivity contribution < 1.29 is 19.1 Å². The van der Waals surface area contributed by atoms with Crippen LogP contribution in [0.4, 0.5) is 5.82 Å². The number of hydrogen-bond donors (Lipinski definition) is 0. The molecular weight excluding hydrogens is 420 g/mol. The molecular formula is C25H28N4O4. The smallest absolute Gasteiger partial charge is 0.341 e. The van der Waals surface area contributed by atoms with Gasteiger partial charge in [-0.15, -0.1) is 5.10 Å². The molecule has 1 saturated heterocycles. The molecule has 1 aromatic carbocycles. The number of nitrogens with zero attached hydrogens (tertiary/aromatic N) is 4. The Labute approximate surface area is 192 Å². The zero-order valence-corrected chi connectivity index (χ0v) is 19.0. The number of ether oxygens (including phenoxy) is 2. The molecule has 5 rings (SSSR count). The second-order valence-corrected chi connectivity index (χ2v) is 8.19. The summed E-state index contributed by atoms with van der Waals surface area (Å²) < 4.78 is 12.8. The van der Waals surface area contributed by atoms with Gasteiger partial charge < -0.3 is 19.3 Å². The maximum absolute atomic E-state index is 13.4. The van der Waals surface area contributed by atoms with E-state index in [1.54, 1.807) is 11.8 Å². The maximum Gasteiger partial charge on any atom is 0.341 e. The van der Waals surface area contributed by atoms with E-state index in [-0.39, 0.29) is 12.5 Å². The van der Waals surface area contributed by atoms with Crippen molar-refractivity contribution in [2.45, 2.75) is 20.3 Å². The molecule has 8 heteroatoms. The fraction of sp³-hybridized carbons (Fsp3) is 0.400. The van der Waals surface area contributed by atoms with Crippen molar-refractivity contribution in [3.05, 3.63) is 53.2 Å². The Hall–Kier alpha value is -3.39. The molecule has 4 heterocycles. The molecule has 1 fully saturated rings. The molecule has 3 aromatic rings. The normalized spacial score (nSPS) is 16.2. The lowest BCUT2D eigenvalue weighted by atomic mass is 9.99. The number of benzene rings is 1. The molecule has 8 nitrogen and oxygen atoms in total. The number of rotatable bonds is 5. The van der Waals surface area contributed by atoms with E-state index in [2.05, 4.69) is 4.90 Å². The summed E-state index contributed by atoms with van der Waals surface area (Å²) in [5.74, 6) is 0.183. The highest BCUT2D eigenvalue weighted by Crippen LogP contribution is 2.37. The van der Waals surface area contributed by atoms with Crippen LogP contribution >= 0.6 is 0 Å². The summed E-state index contributed by atoms with van der Waals surface area (Å²) in [7, 11) is 0. The molecule has 2 aliphatic heterocycles. The van der Waals surface area contributed by atoms with Crippen molar-refractivity contribution in [3.63, 3.8) is 0 Å². The summed E-state index contributed by atoms with van der Waals surface area (Å²) >= 11 is 0. The number of amides is 1. The predicted octanol–water partition coefficient (Wildman–Crippen LogP) is 3.03. The van der Waals surface area contributed by atoms with Crippen molar-refractivity contribution >= 4 is 23.2 Å². The highest BCUT2D eigenvalue weighted by atomic mass is 16.5. The van der Waals surface area contributed by atoms with Gasteiger partial charge in [0.2, 0.25) is 0 Å². The number of carbonyl (C=O) groups is 2. The highest BCUT2D eigenvalue weighted by molar-refractivity contribution is 6.14. The lowest BCUT2D eigenvalue weighted by Gasteiger charge is -2.28. The third-order valence-corrected chi connectivity index (χ3v) is 6.37. The van der Waals surface area contributed by atoms with Crippen molar-refractivity contribution in [1.82, 2.24) is 14.5 Å². The van der Waals surface area contributed by atoms with Gasteiger partial charge in [-0.05, 0) is 25.5 Å². The van der Waals surface area contributed by atoms with E-state index in [4.69, 9.17) is 14.6 Å². The molecule has 33 heavy (non-hydrogen) atoms. The largest absolute Gasteiger partial charge is 0.462 e. The van der Waals surface area contributed by atoms with Gasteiger partial charge in [0.05, 0.1) is 36.6 Å². The number of morpholine rings is 1. The molecule has 0 spiro atoms. The highest BCUT2D eigenvalue weighted by Gasteiger charge is 2.36. The van der Waals surface area contributed by atoms with Gasteiger partial charge in [-0.25, -0.2) is 9.31 Å². The predicted molar refractivity (Wildman–Crippen MR) is 125 cm³/mol. The van der Waals surface area contributed by atoms with Gasteiger partial charge >= 0.3 is 5.97 Å². The molecule has 0 aliphatic carbocycles. The molecule has 0 atom stereocenters. The number of fused-ring (bicyclic) bond motifs is 3. The minimum absolute atomic E-state index is 0.140. The number of hydrogen-bond acceptors (Lipinski definition) is 6. The average molecular weight is 449 g/mol. The Balaban J connectivity index is 1.84. The number of anilines is 1. The van der Waals surface area contributed by atoms with E-state index >= 15 is 0 Å². The van der Waals surface area contributed by atoms with E-state index < -0.39 is 5.97 Å². The molecule has 0 radical (unpaired) electrons. The molecule has 0 saturated carbocycles. The first-order chi connectivity index (χ1) is 16.1. The fourth-order valence-corrected chi connectivity index (χ4v) is 4.75. The van der Waals surface area contributed by atoms with Gasteiger partial charge in [0.15, 0.2) is 0 Å². The minimum Gasteiger partial charge on any atom is -0.462 e. The van der Waals surface area contributed by atoms with Crippen molar-refractivity contribution in [2.24, 2.45) is 0 Å². The summed E-state index contributed by atoms with van der Waals surface area (Å²) in [4.78, 5) is 30.6. The fourth-order valence-electron chi connectivity index (χ4n) is 4.75. The van der Waals surface area contributed by atoms with Gasteiger partial charge in [-0.1, -0.05) is 30.3 Å². The molecule has 172 valence electrons. The van der Waals surface area contributed by atoms with E-state index in [0.29, 0.717) is 49.4 Å². The summed E-state index contributed by atoms with van der Waals surface area (Å²) in [6, 6.07) is 11.9. The topological polar surface area (TPSA) is 76.4 Å². The van der Waals surface area contributed by atoms with Crippen LogP contribution in [0.1, 0.15) is 40.3 Å². The summed E-state index contributed by atoms with van der Waals surface area (Å²) in [6.07, 6.45) is 0.628. The van der Waals surface area contributed by atoms with Gasteiger partial charge in [-0.2, -0.15) is 0 Å². The van der Waals surface area contributed by atoms with Crippen LogP contribution in [0.25, 0.3) is 16.6 Å². The average Bonchev–Trinajstić information content (AvgIpc) is 3.20. The quantitative estimate of drug-likeness (QED) is 0.559. The Morgan fingerprint density at radius 2 is 1.88 bits per heavy atom. The number of likely N-dealkylation sites (N-methyl/N-ethyl adjacent to an activating group) is 1. The first-order valence-corrected chi connectivity index (χ1v) is 11.6. The Bertz CT molecular complexity index is 1200. The third-order valence-electron chi connectivity index (χ3n) is 6.37. The lowest BCUT2D eigenvalue weighted by molar-refractivity contribution is 0.0520. The molecule has 0 bridgehead atoms. The second kappa shape index (κ2) is 8.86. The molecule has 0 unspecified atom stereocenters. The van der Waals surface area contributed by atoms with Crippen LogP contribution in [-0.4, -0.2) is 72.4 Å².